The van der Waals surface area contributed by atoms with Crippen molar-refractivity contribution in [2.75, 3.05) is 0 Å². The van der Waals surface area contributed by atoms with Crippen LogP contribution in [0.3, 0.4) is 0 Å². The van der Waals surface area contributed by atoms with Crippen LogP contribution in [0.25, 0.3) is 0 Å². The Kier molecular flexibility index (Phi) is 6.75. The highest BCUT2D eigenvalue weighted by Crippen LogP contribution is 2.35. The molecule has 3 N–H and O–H groups in total. The molecule has 0 radical (unpaired) electrons. The molecule has 0 aliphatic carbocycles. The molecule has 0 aliphatic rings. The van der Waals surface area contributed by atoms with E-state index >= 15 is 4.39 Å². The lowest BCUT2D eigenvalue weighted by Crippen LogP contribution is -2.15. The van der Waals surface area contributed by atoms with E-state index in [9.17, 15) is 5.11 Å². The summed E-state index contributed by atoms with van der Waals surface area (Å²) in [6.45, 7) is 0. The SMILES string of the molecule is N#Cc1cc(Cl)cc(Oc2c(Cl)ccc(CC(=N)OC(=N)c3cccc(O)c3)c2F)c1. The smallest absolute Gasteiger partial charge is 0.221 e. The predicted molar refractivity (Wildman–Crippen MR) is 115 cm³/mol. The summed E-state index contributed by atoms with van der Waals surface area (Å²) in [4.78, 5) is 0. The molecule has 3 rings (SSSR count). The minimum atomic E-state index is -0.816. The van der Waals surface area contributed by atoms with E-state index in [1.54, 1.807) is 0 Å². The van der Waals surface area contributed by atoms with Crippen LogP contribution in [-0.4, -0.2) is 16.9 Å². The zero-order valence-corrected chi connectivity index (χ0v) is 17.3. The zero-order chi connectivity index (χ0) is 22.5. The third-order valence-electron chi connectivity index (χ3n) is 4.03. The lowest BCUT2D eigenvalue weighted by atomic mass is 10.1. The summed E-state index contributed by atoms with van der Waals surface area (Å²) in [7, 11) is 0. The van der Waals surface area contributed by atoms with Gasteiger partial charge in [0.05, 0.1) is 23.1 Å². The Bertz CT molecular complexity index is 1230. The maximum atomic E-state index is 15.0. The van der Waals surface area contributed by atoms with Crippen molar-refractivity contribution in [2.45, 2.75) is 6.42 Å². The number of phenols is 1. The van der Waals surface area contributed by atoms with Crippen molar-refractivity contribution in [3.05, 3.63) is 87.2 Å². The Morgan fingerprint density at radius 3 is 2.58 bits per heavy atom. The summed E-state index contributed by atoms with van der Waals surface area (Å²) in [5, 5.41) is 34.6. The summed E-state index contributed by atoms with van der Waals surface area (Å²) in [5.41, 5.74) is 0.547. The number of rotatable bonds is 5. The zero-order valence-electron chi connectivity index (χ0n) is 15.7. The Morgan fingerprint density at radius 1 is 1.10 bits per heavy atom. The molecule has 0 saturated heterocycles. The van der Waals surface area contributed by atoms with E-state index in [1.807, 2.05) is 6.07 Å². The second-order valence-electron chi connectivity index (χ2n) is 6.32. The van der Waals surface area contributed by atoms with Crippen molar-refractivity contribution >= 4 is 35.0 Å². The van der Waals surface area contributed by atoms with E-state index in [2.05, 4.69) is 0 Å². The maximum absolute atomic E-state index is 15.0. The summed E-state index contributed by atoms with van der Waals surface area (Å²) in [5.74, 6) is -1.79. The molecule has 3 aromatic rings. The number of ether oxygens (including phenoxy) is 2. The molecule has 0 amide bonds. The molecule has 9 heteroatoms. The average Bonchev–Trinajstić information content (AvgIpc) is 2.72. The average molecular weight is 458 g/mol. The van der Waals surface area contributed by atoms with E-state index in [1.165, 1.54) is 54.6 Å². The fraction of sp³-hybridized carbons (Fsp3) is 0.0455. The number of nitrogens with zero attached hydrogens (tertiary/aromatic N) is 1. The van der Waals surface area contributed by atoms with Crippen LogP contribution in [-0.2, 0) is 11.2 Å². The number of aromatic hydroxyl groups is 1. The minimum absolute atomic E-state index is 0.0142. The molecular formula is C22H14Cl2FN3O3. The highest BCUT2D eigenvalue weighted by atomic mass is 35.5. The van der Waals surface area contributed by atoms with Crippen LogP contribution >= 0.6 is 23.2 Å². The van der Waals surface area contributed by atoms with Gasteiger partial charge in [-0.2, -0.15) is 5.26 Å². The van der Waals surface area contributed by atoms with Gasteiger partial charge in [-0.15, -0.1) is 0 Å². The van der Waals surface area contributed by atoms with E-state index in [-0.39, 0.29) is 56.3 Å². The maximum Gasteiger partial charge on any atom is 0.221 e. The molecule has 0 fully saturated rings. The van der Waals surface area contributed by atoms with Crippen molar-refractivity contribution in [1.82, 2.24) is 0 Å². The predicted octanol–water partition coefficient (Wildman–Crippen LogP) is 6.06. The van der Waals surface area contributed by atoms with E-state index in [0.717, 1.165) is 0 Å². The molecule has 0 heterocycles. The number of phenolic OH excluding ortho intramolecular Hbond substituents is 1. The van der Waals surface area contributed by atoms with Gasteiger partial charge in [0.15, 0.2) is 17.5 Å². The number of hydrogen-bond donors (Lipinski definition) is 3. The van der Waals surface area contributed by atoms with Gasteiger partial charge in [0.2, 0.25) is 5.90 Å². The third-order valence-corrected chi connectivity index (χ3v) is 4.55. The highest BCUT2D eigenvalue weighted by Gasteiger charge is 2.18. The Hall–Kier alpha value is -3.60. The first-order valence-electron chi connectivity index (χ1n) is 8.75. The molecule has 0 aromatic heterocycles. The van der Waals surface area contributed by atoms with Crippen molar-refractivity contribution in [3.8, 4) is 23.3 Å². The lowest BCUT2D eigenvalue weighted by Gasteiger charge is -2.13. The second-order valence-corrected chi connectivity index (χ2v) is 7.16. The summed E-state index contributed by atoms with van der Waals surface area (Å²) in [6.07, 6.45) is -0.278. The quantitative estimate of drug-likeness (QED) is 0.319. The van der Waals surface area contributed by atoms with E-state index in [4.69, 9.17) is 48.8 Å². The number of nitrogens with one attached hydrogen (secondary N) is 2. The van der Waals surface area contributed by atoms with E-state index < -0.39 is 11.7 Å². The molecule has 3 aromatic carbocycles. The first-order valence-corrected chi connectivity index (χ1v) is 9.51. The van der Waals surface area contributed by atoms with Crippen LogP contribution in [0.5, 0.6) is 17.2 Å². The molecule has 0 aliphatic heterocycles. The summed E-state index contributed by atoms with van der Waals surface area (Å²) >= 11 is 12.0. The van der Waals surface area contributed by atoms with Gasteiger partial charge in [-0.3, -0.25) is 10.8 Å². The second kappa shape index (κ2) is 9.47. The standard InChI is InChI=1S/C22H14Cl2FN3O3/c23-15-6-12(11-26)7-17(10-15)30-21-18(24)5-4-13(20(21)25)9-19(27)31-22(28)14-2-1-3-16(29)8-14/h1-8,10,27-29H,9H2. The largest absolute Gasteiger partial charge is 0.508 e. The Balaban J connectivity index is 1.79. The highest BCUT2D eigenvalue weighted by molar-refractivity contribution is 6.32. The van der Waals surface area contributed by atoms with Gasteiger partial charge in [-0.1, -0.05) is 35.3 Å². The topological polar surface area (TPSA) is 110 Å². The van der Waals surface area contributed by atoms with Gasteiger partial charge in [-0.05, 0) is 42.5 Å². The fourth-order valence-corrected chi connectivity index (χ4v) is 3.06. The number of benzene rings is 3. The van der Waals surface area contributed by atoms with Gasteiger partial charge in [0, 0.05) is 16.1 Å². The molecule has 156 valence electrons. The monoisotopic (exact) mass is 457 g/mol. The van der Waals surface area contributed by atoms with Crippen molar-refractivity contribution in [2.24, 2.45) is 0 Å². The van der Waals surface area contributed by atoms with Crippen molar-refractivity contribution < 1.29 is 19.0 Å². The van der Waals surface area contributed by atoms with Gasteiger partial charge >= 0.3 is 0 Å². The first-order chi connectivity index (χ1) is 14.8. The van der Waals surface area contributed by atoms with Crippen LogP contribution in [0.2, 0.25) is 10.0 Å². The number of halogens is 3. The Morgan fingerprint density at radius 2 is 1.87 bits per heavy atom. The molecule has 6 nitrogen and oxygen atoms in total. The van der Waals surface area contributed by atoms with Crippen LogP contribution in [0, 0.1) is 28.0 Å². The van der Waals surface area contributed by atoms with Gasteiger partial charge in [0.25, 0.3) is 0 Å². The molecule has 0 spiro atoms. The van der Waals surface area contributed by atoms with Crippen molar-refractivity contribution in [3.63, 3.8) is 0 Å². The summed E-state index contributed by atoms with van der Waals surface area (Å²) in [6, 6.07) is 14.7. The van der Waals surface area contributed by atoms with Gasteiger partial charge in [-0.25, -0.2) is 4.39 Å². The fourth-order valence-electron chi connectivity index (χ4n) is 2.65. The van der Waals surface area contributed by atoms with Crippen LogP contribution < -0.4 is 4.74 Å². The number of nitriles is 1. The number of hydrogen-bond acceptors (Lipinski definition) is 6. The minimum Gasteiger partial charge on any atom is -0.508 e. The van der Waals surface area contributed by atoms with Crippen molar-refractivity contribution in [1.29, 1.82) is 16.1 Å². The van der Waals surface area contributed by atoms with E-state index in [0.29, 0.717) is 0 Å². The van der Waals surface area contributed by atoms with Gasteiger partial charge < -0.3 is 14.6 Å². The molecule has 0 saturated carbocycles. The van der Waals surface area contributed by atoms with Gasteiger partial charge in [0.1, 0.15) is 11.5 Å². The van der Waals surface area contributed by atoms with Crippen LogP contribution in [0.1, 0.15) is 16.7 Å². The van der Waals surface area contributed by atoms with Crippen LogP contribution in [0.4, 0.5) is 4.39 Å². The molecule has 0 atom stereocenters. The third kappa shape index (κ3) is 5.51. The first kappa shape index (κ1) is 22.1. The lowest BCUT2D eigenvalue weighted by molar-refractivity contribution is 0.438. The molecule has 31 heavy (non-hydrogen) atoms. The molecular weight excluding hydrogens is 444 g/mol. The Labute approximate surface area is 187 Å². The molecule has 0 bridgehead atoms. The summed E-state index contributed by atoms with van der Waals surface area (Å²) < 4.78 is 25.7. The normalized spacial score (nSPS) is 10.3. The molecule has 0 unspecified atom stereocenters. The van der Waals surface area contributed by atoms with Crippen LogP contribution in [0.15, 0.2) is 54.6 Å².